The van der Waals surface area contributed by atoms with E-state index < -0.39 is 0 Å². The quantitative estimate of drug-likeness (QED) is 0.787. The summed E-state index contributed by atoms with van der Waals surface area (Å²) in [5.74, 6) is 0. The maximum absolute atomic E-state index is 11.1. The van der Waals surface area contributed by atoms with Gasteiger partial charge in [0.2, 0.25) is 0 Å². The summed E-state index contributed by atoms with van der Waals surface area (Å²) in [6.07, 6.45) is 1.34. The standard InChI is InChI=1S/C11H9NO2S/c13-9-6-7-12(14)11(8-9)15-10-4-2-1-3-5-10/h1-8,14H. The van der Waals surface area contributed by atoms with Crippen LogP contribution in [0.1, 0.15) is 0 Å². The normalized spacial score (nSPS) is 10.1. The van der Waals surface area contributed by atoms with Crippen molar-refractivity contribution in [3.05, 3.63) is 58.9 Å². The molecule has 0 spiro atoms. The minimum Gasteiger partial charge on any atom is -0.428 e. The highest BCUT2D eigenvalue weighted by Crippen LogP contribution is 2.25. The smallest absolute Gasteiger partial charge is 0.182 e. The van der Waals surface area contributed by atoms with Crippen LogP contribution in [-0.4, -0.2) is 9.94 Å². The maximum atomic E-state index is 11.1. The number of rotatable bonds is 2. The number of nitrogens with zero attached hydrogens (tertiary/aromatic N) is 1. The van der Waals surface area contributed by atoms with Gasteiger partial charge in [0.05, 0.1) is 0 Å². The molecule has 2 rings (SSSR count). The van der Waals surface area contributed by atoms with Crippen LogP contribution < -0.4 is 5.43 Å². The minimum absolute atomic E-state index is 0.112. The zero-order chi connectivity index (χ0) is 10.7. The fourth-order valence-corrected chi connectivity index (χ4v) is 2.00. The monoisotopic (exact) mass is 219 g/mol. The summed E-state index contributed by atoms with van der Waals surface area (Å²) >= 11 is 1.34. The SMILES string of the molecule is O=c1ccn(O)c(Sc2ccccc2)c1. The lowest BCUT2D eigenvalue weighted by molar-refractivity contribution is 0.159. The van der Waals surface area contributed by atoms with Gasteiger partial charge >= 0.3 is 0 Å². The van der Waals surface area contributed by atoms with Crippen LogP contribution in [0.3, 0.4) is 0 Å². The van der Waals surface area contributed by atoms with Gasteiger partial charge in [0.25, 0.3) is 0 Å². The van der Waals surface area contributed by atoms with Crippen molar-refractivity contribution in [1.82, 2.24) is 4.73 Å². The van der Waals surface area contributed by atoms with Crippen molar-refractivity contribution in [2.45, 2.75) is 9.92 Å². The molecule has 0 amide bonds. The molecule has 0 aliphatic heterocycles. The van der Waals surface area contributed by atoms with Crippen molar-refractivity contribution in [2.75, 3.05) is 0 Å². The van der Waals surface area contributed by atoms with Gasteiger partial charge in [-0.3, -0.25) is 4.79 Å². The van der Waals surface area contributed by atoms with E-state index in [-0.39, 0.29) is 5.43 Å². The molecule has 0 saturated carbocycles. The third kappa shape index (κ3) is 2.41. The van der Waals surface area contributed by atoms with Gasteiger partial charge in [-0.05, 0) is 12.1 Å². The van der Waals surface area contributed by atoms with E-state index >= 15 is 0 Å². The second-order valence-corrected chi connectivity index (χ2v) is 4.05. The molecule has 1 heterocycles. The Kier molecular flexibility index (Phi) is 2.78. The van der Waals surface area contributed by atoms with E-state index in [1.54, 1.807) is 0 Å². The van der Waals surface area contributed by atoms with Gasteiger partial charge in [-0.1, -0.05) is 30.0 Å². The van der Waals surface area contributed by atoms with E-state index in [1.807, 2.05) is 30.3 Å². The Morgan fingerprint density at radius 2 is 1.87 bits per heavy atom. The highest BCUT2D eigenvalue weighted by atomic mass is 32.2. The first-order valence-corrected chi connectivity index (χ1v) is 5.22. The first-order chi connectivity index (χ1) is 7.25. The van der Waals surface area contributed by atoms with E-state index in [4.69, 9.17) is 0 Å². The van der Waals surface area contributed by atoms with Gasteiger partial charge in [0, 0.05) is 23.2 Å². The average Bonchev–Trinajstić information content (AvgIpc) is 2.25. The van der Waals surface area contributed by atoms with Crippen molar-refractivity contribution in [3.63, 3.8) is 0 Å². The summed E-state index contributed by atoms with van der Waals surface area (Å²) in [4.78, 5) is 12.1. The molecule has 0 aliphatic carbocycles. The number of pyridine rings is 1. The van der Waals surface area contributed by atoms with E-state index in [0.717, 1.165) is 9.63 Å². The molecular formula is C11H9NO2S. The highest BCUT2D eigenvalue weighted by Gasteiger charge is 2.01. The summed E-state index contributed by atoms with van der Waals surface area (Å²) in [5, 5.41) is 9.96. The number of aromatic nitrogens is 1. The van der Waals surface area contributed by atoms with Crippen LogP contribution in [0.15, 0.2) is 63.4 Å². The molecule has 0 bridgehead atoms. The molecule has 76 valence electrons. The Hall–Kier alpha value is -1.68. The number of benzene rings is 1. The van der Waals surface area contributed by atoms with Crippen molar-refractivity contribution >= 4 is 11.8 Å². The van der Waals surface area contributed by atoms with Crippen LogP contribution in [-0.2, 0) is 0 Å². The zero-order valence-corrected chi connectivity index (χ0v) is 8.65. The van der Waals surface area contributed by atoms with E-state index in [9.17, 15) is 10.0 Å². The van der Waals surface area contributed by atoms with Gasteiger partial charge < -0.3 is 5.21 Å². The highest BCUT2D eigenvalue weighted by molar-refractivity contribution is 7.99. The first-order valence-electron chi connectivity index (χ1n) is 4.40. The van der Waals surface area contributed by atoms with Gasteiger partial charge in [0.15, 0.2) is 5.43 Å². The van der Waals surface area contributed by atoms with Gasteiger partial charge in [0.1, 0.15) is 5.03 Å². The molecule has 0 radical (unpaired) electrons. The number of hydrogen-bond donors (Lipinski definition) is 1. The van der Waals surface area contributed by atoms with Crippen LogP contribution in [0, 0.1) is 0 Å². The summed E-state index contributed by atoms with van der Waals surface area (Å²) in [6.45, 7) is 0. The largest absolute Gasteiger partial charge is 0.428 e. The zero-order valence-electron chi connectivity index (χ0n) is 7.83. The third-order valence-electron chi connectivity index (χ3n) is 1.84. The predicted molar refractivity (Wildman–Crippen MR) is 58.5 cm³/mol. The molecule has 15 heavy (non-hydrogen) atoms. The fourth-order valence-electron chi connectivity index (χ4n) is 1.14. The Morgan fingerprint density at radius 1 is 1.13 bits per heavy atom. The molecule has 0 aliphatic rings. The van der Waals surface area contributed by atoms with Crippen LogP contribution in [0.5, 0.6) is 0 Å². The molecule has 1 aromatic heterocycles. The van der Waals surface area contributed by atoms with Crippen molar-refractivity contribution in [1.29, 1.82) is 0 Å². The van der Waals surface area contributed by atoms with E-state index in [1.165, 1.54) is 30.1 Å². The third-order valence-corrected chi connectivity index (χ3v) is 2.86. The van der Waals surface area contributed by atoms with Crippen molar-refractivity contribution in [2.24, 2.45) is 0 Å². The predicted octanol–water partition coefficient (Wildman–Crippen LogP) is 2.24. The molecule has 1 N–H and O–H groups in total. The lowest BCUT2D eigenvalue weighted by atomic mass is 10.4. The lowest BCUT2D eigenvalue weighted by Crippen LogP contribution is -2.04. The molecule has 1 aromatic carbocycles. The average molecular weight is 219 g/mol. The number of hydrogen-bond acceptors (Lipinski definition) is 3. The molecule has 0 fully saturated rings. The summed E-state index contributed by atoms with van der Waals surface area (Å²) in [7, 11) is 0. The van der Waals surface area contributed by atoms with Crippen molar-refractivity contribution in [3.8, 4) is 0 Å². The van der Waals surface area contributed by atoms with Gasteiger partial charge in [-0.15, -0.1) is 0 Å². The second-order valence-electron chi connectivity index (χ2n) is 2.96. The Bertz CT molecular complexity index is 507. The Labute approximate surface area is 91.0 Å². The molecule has 3 nitrogen and oxygen atoms in total. The molecule has 4 heteroatoms. The molecule has 0 atom stereocenters. The van der Waals surface area contributed by atoms with Crippen LogP contribution >= 0.6 is 11.8 Å². The van der Waals surface area contributed by atoms with Crippen LogP contribution in [0.25, 0.3) is 0 Å². The van der Waals surface area contributed by atoms with E-state index in [0.29, 0.717) is 5.03 Å². The van der Waals surface area contributed by atoms with Gasteiger partial charge in [-0.2, -0.15) is 4.73 Å². The second kappa shape index (κ2) is 4.23. The van der Waals surface area contributed by atoms with Crippen LogP contribution in [0.4, 0.5) is 0 Å². The molecule has 0 saturated heterocycles. The van der Waals surface area contributed by atoms with Crippen LogP contribution in [0.2, 0.25) is 0 Å². The Balaban J connectivity index is 2.32. The molecule has 2 aromatic rings. The van der Waals surface area contributed by atoms with Crippen molar-refractivity contribution < 1.29 is 5.21 Å². The minimum atomic E-state index is -0.112. The topological polar surface area (TPSA) is 42.2 Å². The fraction of sp³-hybridized carbons (Fsp3) is 0. The maximum Gasteiger partial charge on any atom is 0.182 e. The Morgan fingerprint density at radius 3 is 2.60 bits per heavy atom. The summed E-state index contributed by atoms with van der Waals surface area (Å²) in [5.41, 5.74) is -0.112. The van der Waals surface area contributed by atoms with Gasteiger partial charge in [-0.25, -0.2) is 0 Å². The first kappa shape index (κ1) is 9.86. The molecule has 0 unspecified atom stereocenters. The lowest BCUT2D eigenvalue weighted by Gasteiger charge is -2.04. The summed E-state index contributed by atoms with van der Waals surface area (Å²) in [6, 6.07) is 12.3. The molecular weight excluding hydrogens is 210 g/mol. The summed E-state index contributed by atoms with van der Waals surface area (Å²) < 4.78 is 0.944. The van der Waals surface area contributed by atoms with E-state index in [2.05, 4.69) is 0 Å².